The second-order valence-corrected chi connectivity index (χ2v) is 4.61. The minimum absolute atomic E-state index is 0.0397. The normalized spacial score (nSPS) is 12.9. The fourth-order valence-corrected chi connectivity index (χ4v) is 1.74. The van der Waals surface area contributed by atoms with Crippen LogP contribution in [0.2, 0.25) is 0 Å². The van der Waals surface area contributed by atoms with E-state index in [1.54, 1.807) is 31.0 Å². The van der Waals surface area contributed by atoms with Gasteiger partial charge in [0.25, 0.3) is 0 Å². The summed E-state index contributed by atoms with van der Waals surface area (Å²) in [6.07, 6.45) is 0. The fourth-order valence-electron chi connectivity index (χ4n) is 1.74. The Kier molecular flexibility index (Phi) is 5.60. The highest BCUT2D eigenvalue weighted by Crippen LogP contribution is 2.19. The number of nitrogens with zero attached hydrogens (tertiary/aromatic N) is 4. The van der Waals surface area contributed by atoms with Gasteiger partial charge in [-0.05, 0) is 19.1 Å². The fraction of sp³-hybridized carbons (Fsp3) is 0.385. The van der Waals surface area contributed by atoms with Crippen LogP contribution in [0.3, 0.4) is 0 Å². The zero-order valence-electron chi connectivity index (χ0n) is 12.6. The van der Waals surface area contributed by atoms with Crippen molar-refractivity contribution in [3.63, 3.8) is 0 Å². The molecule has 1 rings (SSSR count). The van der Waals surface area contributed by atoms with E-state index in [1.165, 1.54) is 7.05 Å². The topological polar surface area (TPSA) is 83.2 Å². The molecule has 1 aromatic rings. The van der Waals surface area contributed by atoms with Crippen LogP contribution in [0.1, 0.15) is 12.5 Å². The van der Waals surface area contributed by atoms with E-state index in [0.717, 1.165) is 12.1 Å². The number of benzene rings is 1. The number of hydrogen-bond donors (Lipinski definition) is 2. The van der Waals surface area contributed by atoms with E-state index in [0.29, 0.717) is 5.84 Å². The smallest absolute Gasteiger partial charge is 0.216 e. The van der Waals surface area contributed by atoms with Crippen molar-refractivity contribution in [2.24, 2.45) is 15.7 Å². The molecule has 0 atom stereocenters. The molecule has 0 saturated carbocycles. The molecule has 0 aliphatic heterocycles. The minimum atomic E-state index is -0.704. The van der Waals surface area contributed by atoms with E-state index in [-0.39, 0.29) is 23.8 Å². The molecule has 6 nitrogen and oxygen atoms in total. The first-order valence-electron chi connectivity index (χ1n) is 6.22. The molecule has 0 spiro atoms. The van der Waals surface area contributed by atoms with Gasteiger partial charge in [-0.15, -0.1) is 0 Å². The molecular formula is C13H20F2N6. The SMILES string of the molecule is C/N=C(N)\N=C(/C)N(Cc1c(F)cc(N)cc1F)N(C)C. The average Bonchev–Trinajstić information content (AvgIpc) is 2.36. The lowest BCUT2D eigenvalue weighted by atomic mass is 10.1. The Morgan fingerprint density at radius 1 is 1.24 bits per heavy atom. The van der Waals surface area contributed by atoms with Crippen LogP contribution in [-0.4, -0.2) is 43.0 Å². The number of halogens is 2. The first-order chi connectivity index (χ1) is 9.76. The monoisotopic (exact) mass is 298 g/mol. The molecule has 0 bridgehead atoms. The Morgan fingerprint density at radius 2 is 1.76 bits per heavy atom. The van der Waals surface area contributed by atoms with Crippen molar-refractivity contribution in [2.75, 3.05) is 26.9 Å². The lowest BCUT2D eigenvalue weighted by Crippen LogP contribution is -2.41. The summed E-state index contributed by atoms with van der Waals surface area (Å²) in [4.78, 5) is 7.77. The summed E-state index contributed by atoms with van der Waals surface area (Å²) >= 11 is 0. The summed E-state index contributed by atoms with van der Waals surface area (Å²) in [5, 5.41) is 3.22. The molecule has 0 radical (unpaired) electrons. The van der Waals surface area contributed by atoms with Crippen LogP contribution in [0.4, 0.5) is 14.5 Å². The molecule has 4 N–H and O–H groups in total. The molecule has 116 valence electrons. The van der Waals surface area contributed by atoms with Crippen LogP contribution in [0, 0.1) is 11.6 Å². The number of guanidine groups is 1. The van der Waals surface area contributed by atoms with Crippen molar-refractivity contribution in [1.29, 1.82) is 0 Å². The lowest BCUT2D eigenvalue weighted by molar-refractivity contribution is 0.0987. The van der Waals surface area contributed by atoms with Gasteiger partial charge in [-0.2, -0.15) is 4.99 Å². The maximum atomic E-state index is 13.9. The van der Waals surface area contributed by atoms with Crippen LogP contribution in [0.25, 0.3) is 0 Å². The van der Waals surface area contributed by atoms with E-state index >= 15 is 0 Å². The third-order valence-electron chi connectivity index (χ3n) is 2.83. The van der Waals surface area contributed by atoms with Gasteiger partial charge in [0.05, 0.1) is 6.54 Å². The van der Waals surface area contributed by atoms with E-state index in [4.69, 9.17) is 11.5 Å². The van der Waals surface area contributed by atoms with Gasteiger partial charge in [-0.1, -0.05) is 0 Å². The van der Waals surface area contributed by atoms with Gasteiger partial charge in [0.2, 0.25) is 5.96 Å². The third kappa shape index (κ3) is 4.38. The summed E-state index contributed by atoms with van der Waals surface area (Å²) < 4.78 is 27.7. The van der Waals surface area contributed by atoms with E-state index in [1.807, 2.05) is 0 Å². The molecule has 21 heavy (non-hydrogen) atoms. The van der Waals surface area contributed by atoms with Gasteiger partial charge in [-0.3, -0.25) is 10.0 Å². The van der Waals surface area contributed by atoms with Gasteiger partial charge in [-0.25, -0.2) is 13.8 Å². The highest BCUT2D eigenvalue weighted by molar-refractivity contribution is 5.93. The zero-order valence-corrected chi connectivity index (χ0v) is 12.6. The van der Waals surface area contributed by atoms with Crippen molar-refractivity contribution in [2.45, 2.75) is 13.5 Å². The summed E-state index contributed by atoms with van der Waals surface area (Å²) in [6, 6.07) is 2.17. The molecule has 1 aromatic carbocycles. The Hall–Kier alpha value is -2.22. The molecule has 0 heterocycles. The standard InChI is InChI=1S/C13H20F2N6/c1-8(19-13(17)18-2)21(20(3)4)7-10-11(14)5-9(16)6-12(10)15/h5-6H,7,16H2,1-4H3,(H2,17,18)/b19-8+. The predicted octanol–water partition coefficient (Wildman–Crippen LogP) is 1.19. The second-order valence-electron chi connectivity index (χ2n) is 4.61. The van der Waals surface area contributed by atoms with Crippen LogP contribution >= 0.6 is 0 Å². The Labute approximate surface area is 122 Å². The highest BCUT2D eigenvalue weighted by Gasteiger charge is 2.17. The number of anilines is 1. The number of hydrogen-bond acceptors (Lipinski definition) is 3. The molecule has 0 aromatic heterocycles. The molecule has 0 unspecified atom stereocenters. The lowest BCUT2D eigenvalue weighted by Gasteiger charge is -2.30. The summed E-state index contributed by atoms with van der Waals surface area (Å²) in [5.41, 5.74) is 10.9. The van der Waals surface area contributed by atoms with Crippen LogP contribution in [-0.2, 0) is 6.54 Å². The van der Waals surface area contributed by atoms with Crippen molar-refractivity contribution >= 4 is 17.5 Å². The second kappa shape index (κ2) is 6.98. The molecule has 0 fully saturated rings. The number of nitrogens with two attached hydrogens (primary N) is 2. The van der Waals surface area contributed by atoms with Crippen molar-refractivity contribution < 1.29 is 8.78 Å². The predicted molar refractivity (Wildman–Crippen MR) is 80.7 cm³/mol. The van der Waals surface area contributed by atoms with Crippen molar-refractivity contribution in [1.82, 2.24) is 10.0 Å². The zero-order chi connectivity index (χ0) is 16.2. The largest absolute Gasteiger partial charge is 0.399 e. The maximum absolute atomic E-state index is 13.9. The summed E-state index contributed by atoms with van der Waals surface area (Å²) in [7, 11) is 4.96. The molecular weight excluding hydrogens is 278 g/mol. The third-order valence-corrected chi connectivity index (χ3v) is 2.83. The van der Waals surface area contributed by atoms with Gasteiger partial charge < -0.3 is 11.5 Å². The van der Waals surface area contributed by atoms with Gasteiger partial charge in [0.1, 0.15) is 17.5 Å². The first kappa shape index (κ1) is 16.8. The van der Waals surface area contributed by atoms with Gasteiger partial charge in [0.15, 0.2) is 0 Å². The van der Waals surface area contributed by atoms with E-state index < -0.39 is 11.6 Å². The van der Waals surface area contributed by atoms with Crippen LogP contribution in [0.15, 0.2) is 22.1 Å². The number of amidine groups is 1. The van der Waals surface area contributed by atoms with Gasteiger partial charge in [0, 0.05) is 32.4 Å². The number of rotatable bonds is 3. The Balaban J connectivity index is 3.14. The summed E-state index contributed by atoms with van der Waals surface area (Å²) in [6.45, 7) is 1.63. The molecule has 0 saturated heterocycles. The minimum Gasteiger partial charge on any atom is -0.399 e. The van der Waals surface area contributed by atoms with Crippen molar-refractivity contribution in [3.8, 4) is 0 Å². The molecule has 0 amide bonds. The number of nitrogen functional groups attached to an aromatic ring is 1. The van der Waals surface area contributed by atoms with E-state index in [2.05, 4.69) is 9.98 Å². The Bertz CT molecular complexity index is 545. The molecule has 8 heteroatoms. The first-order valence-corrected chi connectivity index (χ1v) is 6.22. The number of hydrazine groups is 1. The molecule has 0 aliphatic rings. The highest BCUT2D eigenvalue weighted by atomic mass is 19.1. The van der Waals surface area contributed by atoms with Crippen LogP contribution < -0.4 is 11.5 Å². The summed E-state index contributed by atoms with van der Waals surface area (Å²) in [5.74, 6) is -0.870. The number of aliphatic imine (C=N–C) groups is 2. The average molecular weight is 298 g/mol. The van der Waals surface area contributed by atoms with Crippen LogP contribution in [0.5, 0.6) is 0 Å². The maximum Gasteiger partial charge on any atom is 0.216 e. The van der Waals surface area contributed by atoms with Crippen molar-refractivity contribution in [3.05, 3.63) is 29.3 Å². The molecule has 0 aliphatic carbocycles. The van der Waals surface area contributed by atoms with E-state index in [9.17, 15) is 8.78 Å². The Morgan fingerprint density at radius 3 is 2.19 bits per heavy atom. The van der Waals surface area contributed by atoms with Gasteiger partial charge >= 0.3 is 0 Å². The quantitative estimate of drug-likeness (QED) is 0.380.